The maximum Gasteiger partial charge on any atom is 0.315 e. The summed E-state index contributed by atoms with van der Waals surface area (Å²) in [7, 11) is 0. The molecule has 1 rings (SSSR count). The van der Waals surface area contributed by atoms with E-state index in [1.807, 2.05) is 6.92 Å². The van der Waals surface area contributed by atoms with E-state index in [4.69, 9.17) is 9.47 Å². The highest BCUT2D eigenvalue weighted by atomic mass is 32.1. The van der Waals surface area contributed by atoms with E-state index in [2.05, 4.69) is 72.6 Å². The Bertz CT molecular complexity index is 775. The molecular formula is C24H35N3O5S3. The van der Waals surface area contributed by atoms with Crippen molar-refractivity contribution in [2.24, 2.45) is 5.41 Å². The van der Waals surface area contributed by atoms with Crippen LogP contribution in [0.5, 0.6) is 0 Å². The van der Waals surface area contributed by atoms with Crippen LogP contribution in [0.3, 0.4) is 0 Å². The van der Waals surface area contributed by atoms with Crippen molar-refractivity contribution < 1.29 is 23.9 Å². The van der Waals surface area contributed by atoms with Gasteiger partial charge in [0.15, 0.2) is 0 Å². The molecule has 1 aromatic rings. The predicted molar refractivity (Wildman–Crippen MR) is 147 cm³/mol. The van der Waals surface area contributed by atoms with Crippen LogP contribution in [0.2, 0.25) is 0 Å². The molecule has 194 valence electrons. The summed E-state index contributed by atoms with van der Waals surface area (Å²) in [5.74, 6) is 1.21. The quantitative estimate of drug-likeness (QED) is 0.166. The molecule has 8 nitrogen and oxygen atoms in total. The number of hydrogen-bond acceptors (Lipinski definition) is 11. The van der Waals surface area contributed by atoms with E-state index in [1.54, 1.807) is 18.2 Å². The zero-order valence-electron chi connectivity index (χ0n) is 20.1. The van der Waals surface area contributed by atoms with Gasteiger partial charge in [-0.05, 0) is 6.42 Å². The van der Waals surface area contributed by atoms with Crippen molar-refractivity contribution in [2.45, 2.75) is 39.0 Å². The molecule has 0 saturated carbocycles. The number of hydrogen-bond donors (Lipinski definition) is 3. The van der Waals surface area contributed by atoms with Crippen LogP contribution in [0, 0.1) is 5.41 Å². The molecule has 0 aliphatic rings. The van der Waals surface area contributed by atoms with Gasteiger partial charge in [-0.1, -0.05) is 25.2 Å². The third-order valence-corrected chi connectivity index (χ3v) is 5.46. The molecule has 0 unspecified atom stereocenters. The van der Waals surface area contributed by atoms with Gasteiger partial charge in [0.05, 0.1) is 11.5 Å². The number of thiol groups is 3. The molecule has 35 heavy (non-hydrogen) atoms. The third kappa shape index (κ3) is 14.1. The Kier molecular flexibility index (Phi) is 18.0. The molecule has 0 aliphatic heterocycles. The summed E-state index contributed by atoms with van der Waals surface area (Å²) < 4.78 is 10.1. The Morgan fingerprint density at radius 1 is 0.771 bits per heavy atom. The van der Waals surface area contributed by atoms with E-state index in [0.717, 1.165) is 17.5 Å². The van der Waals surface area contributed by atoms with Gasteiger partial charge in [0.2, 0.25) is 0 Å². The summed E-state index contributed by atoms with van der Waals surface area (Å²) in [5, 5.41) is 0. The number of carbonyl (C=O) groups excluding carboxylic acids is 3. The van der Waals surface area contributed by atoms with E-state index in [0.29, 0.717) is 25.7 Å². The number of aromatic nitrogens is 3. The highest BCUT2D eigenvalue weighted by Gasteiger charge is 2.34. The Hall–Kier alpha value is -2.11. The number of nitrogens with zero attached hydrogens (tertiary/aromatic N) is 3. The molecule has 0 amide bonds. The van der Waals surface area contributed by atoms with E-state index < -0.39 is 17.4 Å². The average molecular weight is 542 g/mol. The normalized spacial score (nSPS) is 10.4. The van der Waals surface area contributed by atoms with E-state index in [9.17, 15) is 14.4 Å². The first-order valence-electron chi connectivity index (χ1n) is 10.9. The van der Waals surface area contributed by atoms with Crippen molar-refractivity contribution in [2.75, 3.05) is 30.5 Å². The lowest BCUT2D eigenvalue weighted by Crippen LogP contribution is -2.37. The fraction of sp³-hybridized carbons (Fsp3) is 0.500. The minimum Gasteiger partial charge on any atom is -0.464 e. The summed E-state index contributed by atoms with van der Waals surface area (Å²) >= 11 is 11.6. The van der Waals surface area contributed by atoms with Gasteiger partial charge in [-0.2, -0.15) is 37.9 Å². The van der Waals surface area contributed by atoms with Crippen LogP contribution in [0.15, 0.2) is 38.0 Å². The van der Waals surface area contributed by atoms with Crippen LogP contribution in [0.4, 0.5) is 0 Å². The van der Waals surface area contributed by atoms with Crippen LogP contribution in [0.25, 0.3) is 0 Å². The molecule has 0 aliphatic carbocycles. The second kappa shape index (κ2) is 19.1. The maximum atomic E-state index is 11.6. The first-order valence-corrected chi connectivity index (χ1v) is 12.8. The largest absolute Gasteiger partial charge is 0.464 e. The van der Waals surface area contributed by atoms with Crippen molar-refractivity contribution >= 4 is 55.6 Å². The lowest BCUT2D eigenvalue weighted by molar-refractivity contribution is -0.153. The smallest absolute Gasteiger partial charge is 0.315 e. The van der Waals surface area contributed by atoms with Gasteiger partial charge in [-0.25, -0.2) is 15.0 Å². The molecule has 0 spiro atoms. The number of allylic oxidation sites excluding steroid dienone is 3. The first-order chi connectivity index (χ1) is 16.7. The standard InChI is InChI=1S/C12H15N3.C12H20O5S3/c1-4-7-10-13-11(8-5-2)15-12(14-10)9-6-3;1-2-12(3-9(13)4-18,7-16-10(14)5-19)8-17-11(15)6-20/h4-6H,1-3,7-9H2;18-20H,2-8H2,1H3. The summed E-state index contributed by atoms with van der Waals surface area (Å²) in [5.41, 5.74) is -0.725. The fourth-order valence-electron chi connectivity index (χ4n) is 2.69. The molecule has 11 heteroatoms. The summed E-state index contributed by atoms with van der Waals surface area (Å²) in [6.45, 7) is 12.8. The lowest BCUT2D eigenvalue weighted by atomic mass is 9.82. The van der Waals surface area contributed by atoms with Crippen LogP contribution >= 0.6 is 37.9 Å². The second-order valence-corrected chi connectivity index (χ2v) is 8.38. The lowest BCUT2D eigenvalue weighted by Gasteiger charge is -2.30. The minimum absolute atomic E-state index is 0.00224. The van der Waals surface area contributed by atoms with Gasteiger partial charge in [-0.3, -0.25) is 14.4 Å². The SMILES string of the molecule is C=CCc1nc(CC=C)nc(CC=C)n1.CCC(COC(=O)CS)(COC(=O)CS)CC(=O)CS. The summed E-state index contributed by atoms with van der Waals surface area (Å²) in [6, 6.07) is 0. The number of rotatable bonds is 16. The first kappa shape index (κ1) is 32.9. The molecule has 0 aromatic carbocycles. The summed E-state index contributed by atoms with van der Waals surface area (Å²) in [4.78, 5) is 46.9. The number of ether oxygens (including phenoxy) is 2. The van der Waals surface area contributed by atoms with Crippen LogP contribution in [0.1, 0.15) is 37.2 Å². The Morgan fingerprint density at radius 2 is 1.14 bits per heavy atom. The molecule has 0 fully saturated rings. The maximum absolute atomic E-state index is 11.6. The highest BCUT2D eigenvalue weighted by Crippen LogP contribution is 2.28. The van der Waals surface area contributed by atoms with Crippen molar-refractivity contribution in [1.82, 2.24) is 15.0 Å². The third-order valence-electron chi connectivity index (χ3n) is 4.59. The molecule has 0 bridgehead atoms. The zero-order chi connectivity index (χ0) is 26.7. The number of carbonyl (C=O) groups is 3. The second-order valence-electron chi connectivity index (χ2n) is 7.43. The van der Waals surface area contributed by atoms with Crippen LogP contribution in [-0.4, -0.2) is 63.1 Å². The monoisotopic (exact) mass is 541 g/mol. The Labute approximate surface area is 224 Å². The predicted octanol–water partition coefficient (Wildman–Crippen LogP) is 3.27. The van der Waals surface area contributed by atoms with Gasteiger partial charge in [-0.15, -0.1) is 19.7 Å². The van der Waals surface area contributed by atoms with E-state index in [1.165, 1.54) is 0 Å². The van der Waals surface area contributed by atoms with Crippen molar-refractivity contribution in [3.8, 4) is 0 Å². The van der Waals surface area contributed by atoms with Gasteiger partial charge in [0, 0.05) is 36.9 Å². The fourth-order valence-corrected chi connectivity index (χ4v) is 2.98. The molecule has 1 heterocycles. The minimum atomic E-state index is -0.725. The van der Waals surface area contributed by atoms with Gasteiger partial charge < -0.3 is 9.47 Å². The molecule has 0 atom stereocenters. The van der Waals surface area contributed by atoms with E-state index in [-0.39, 0.29) is 42.7 Å². The number of esters is 2. The van der Waals surface area contributed by atoms with Crippen molar-refractivity contribution in [3.63, 3.8) is 0 Å². The van der Waals surface area contributed by atoms with Crippen LogP contribution < -0.4 is 0 Å². The Morgan fingerprint density at radius 3 is 1.40 bits per heavy atom. The molecule has 0 saturated heterocycles. The Balaban J connectivity index is 0.000000686. The average Bonchev–Trinajstić information content (AvgIpc) is 2.86. The van der Waals surface area contributed by atoms with E-state index >= 15 is 0 Å². The molecule has 1 aromatic heterocycles. The highest BCUT2D eigenvalue weighted by molar-refractivity contribution is 7.81. The van der Waals surface area contributed by atoms with Crippen molar-refractivity contribution in [1.29, 1.82) is 0 Å². The van der Waals surface area contributed by atoms with Gasteiger partial charge >= 0.3 is 11.9 Å². The van der Waals surface area contributed by atoms with Gasteiger partial charge in [0.1, 0.15) is 36.5 Å². The topological polar surface area (TPSA) is 108 Å². The molecular weight excluding hydrogens is 506 g/mol. The number of ketones is 1. The molecule has 0 N–H and O–H groups in total. The summed E-state index contributed by atoms with van der Waals surface area (Å²) in [6.07, 6.45) is 7.99. The number of Topliss-reactive ketones (excluding diaryl/α,β-unsaturated/α-hetero) is 1. The zero-order valence-corrected chi connectivity index (χ0v) is 22.8. The molecule has 0 radical (unpaired) electrons. The van der Waals surface area contributed by atoms with Crippen LogP contribution in [-0.2, 0) is 43.1 Å². The van der Waals surface area contributed by atoms with Gasteiger partial charge in [0.25, 0.3) is 0 Å². The van der Waals surface area contributed by atoms with Crippen molar-refractivity contribution in [3.05, 3.63) is 55.4 Å².